The summed E-state index contributed by atoms with van der Waals surface area (Å²) in [6.45, 7) is 0.245. The second-order valence-electron chi connectivity index (χ2n) is 11.6. The summed E-state index contributed by atoms with van der Waals surface area (Å²) in [5, 5.41) is 8.14. The van der Waals surface area contributed by atoms with Crippen molar-refractivity contribution >= 4 is 77.1 Å². The van der Waals surface area contributed by atoms with Crippen LogP contribution in [0.15, 0.2) is 66.7 Å². The third-order valence-electron chi connectivity index (χ3n) is 7.83. The number of amides is 4. The molecule has 1 aliphatic rings. The van der Waals surface area contributed by atoms with Crippen molar-refractivity contribution in [2.75, 3.05) is 23.5 Å². The molecule has 4 rings (SSSR count). The van der Waals surface area contributed by atoms with Gasteiger partial charge in [0.15, 0.2) is 0 Å². The molecule has 15 heteroatoms. The summed E-state index contributed by atoms with van der Waals surface area (Å²) < 4.78 is 11.5. The Bertz CT molecular complexity index is 1640. The largest absolute Gasteiger partial charge is 0.368 e. The van der Waals surface area contributed by atoms with Gasteiger partial charge in [-0.1, -0.05) is 66.2 Å². The van der Waals surface area contributed by atoms with Gasteiger partial charge in [-0.15, -0.1) is 11.8 Å². The van der Waals surface area contributed by atoms with Gasteiger partial charge in [0.25, 0.3) is 0 Å². The fraction of sp³-hybridized carbons (Fsp3) is 0.394. The van der Waals surface area contributed by atoms with Crippen LogP contribution in [-0.4, -0.2) is 80.0 Å². The van der Waals surface area contributed by atoms with E-state index in [-0.39, 0.29) is 25.1 Å². The zero-order chi connectivity index (χ0) is 34.7. The maximum absolute atomic E-state index is 13.9. The third kappa shape index (κ3) is 11.8. The predicted octanol–water partition coefficient (Wildman–Crippen LogP) is 4.06. The Morgan fingerprint density at radius 2 is 1.65 bits per heavy atom. The minimum Gasteiger partial charge on any atom is -0.368 e. The van der Waals surface area contributed by atoms with Gasteiger partial charge in [-0.05, 0) is 53.3 Å². The summed E-state index contributed by atoms with van der Waals surface area (Å²) in [6.07, 6.45) is 1.92. The molecule has 1 aliphatic heterocycles. The Kier molecular flexibility index (Phi) is 14.2. The van der Waals surface area contributed by atoms with E-state index >= 15 is 0 Å². The molecule has 258 valence electrons. The lowest BCUT2D eigenvalue weighted by atomic mass is 9.98. The zero-order valence-corrected chi connectivity index (χ0v) is 29.5. The van der Waals surface area contributed by atoms with Crippen molar-refractivity contribution < 1.29 is 33.5 Å². The monoisotopic (exact) mass is 734 g/mol. The van der Waals surface area contributed by atoms with Crippen LogP contribution in [0, 0.1) is 0 Å². The number of carbonyl (C=O) groups is 4. The van der Waals surface area contributed by atoms with E-state index in [4.69, 9.17) is 17.3 Å². The molecule has 0 saturated carbocycles. The number of carbonyl (C=O) groups excluding carboxylic acids is 4. The molecule has 0 aliphatic carbocycles. The number of piperidine rings is 1. The summed E-state index contributed by atoms with van der Waals surface area (Å²) in [6, 6.07) is 17.9. The highest BCUT2D eigenvalue weighted by molar-refractivity contribution is 8.04. The zero-order valence-electron chi connectivity index (χ0n) is 26.3. The Morgan fingerprint density at radius 3 is 2.35 bits per heavy atom. The minimum atomic E-state index is -4.36. The molecule has 0 spiro atoms. The van der Waals surface area contributed by atoms with Crippen molar-refractivity contribution in [3.05, 3.63) is 82.9 Å². The average molecular weight is 735 g/mol. The maximum Gasteiger partial charge on any atom is 0.335 e. The standard InChI is InChI=1S/C33H40ClN4O7PS2/c34-26-12-9-22(10-13-26)19-47-16-14-30(39)36-28(20-48-21-46(43,44)45)33(42)38-15-4-3-7-29(38)32(41)37-27(31(35)40)18-23-8-11-24-5-1-2-6-25(24)17-23/h1-2,5-6,8-13,17,27-29H,3-4,7,14-16,18-21H2,(H2,35,40)(H,36,39)(H,37,41)(H2,43,44,45)/t27-,28-,29-/m0/s1. The fourth-order valence-corrected chi connectivity index (χ4v) is 8.29. The van der Waals surface area contributed by atoms with Crippen LogP contribution < -0.4 is 16.4 Å². The van der Waals surface area contributed by atoms with Crippen LogP contribution in [0.4, 0.5) is 0 Å². The van der Waals surface area contributed by atoms with Crippen LogP contribution in [0.5, 0.6) is 0 Å². The Hall–Kier alpha value is -3.06. The summed E-state index contributed by atoms with van der Waals surface area (Å²) in [7, 11) is -4.36. The molecule has 3 atom stereocenters. The number of thioether (sulfide) groups is 2. The lowest BCUT2D eigenvalue weighted by Crippen LogP contribution is -2.60. The van der Waals surface area contributed by atoms with E-state index < -0.39 is 54.8 Å². The molecule has 0 bridgehead atoms. The van der Waals surface area contributed by atoms with E-state index in [1.165, 1.54) is 4.90 Å². The number of halogens is 1. The lowest BCUT2D eigenvalue weighted by molar-refractivity contribution is -0.145. The first-order valence-corrected chi connectivity index (χ1v) is 20.0. The molecule has 11 nitrogen and oxygen atoms in total. The van der Waals surface area contributed by atoms with Gasteiger partial charge in [-0.2, -0.15) is 11.8 Å². The topological polar surface area (TPSA) is 179 Å². The van der Waals surface area contributed by atoms with Crippen molar-refractivity contribution in [1.29, 1.82) is 0 Å². The highest BCUT2D eigenvalue weighted by Gasteiger charge is 2.37. The van der Waals surface area contributed by atoms with E-state index in [0.29, 0.717) is 35.8 Å². The minimum absolute atomic E-state index is 0.0929. The molecular weight excluding hydrogens is 695 g/mol. The van der Waals surface area contributed by atoms with Crippen LogP contribution >= 0.6 is 42.7 Å². The van der Waals surface area contributed by atoms with E-state index in [0.717, 1.165) is 33.7 Å². The molecule has 0 aromatic heterocycles. The van der Waals surface area contributed by atoms with Gasteiger partial charge >= 0.3 is 7.60 Å². The first-order chi connectivity index (χ1) is 22.9. The van der Waals surface area contributed by atoms with Crippen LogP contribution in [0.25, 0.3) is 10.8 Å². The molecule has 1 saturated heterocycles. The van der Waals surface area contributed by atoms with Crippen molar-refractivity contribution in [3.8, 4) is 0 Å². The van der Waals surface area contributed by atoms with Crippen molar-refractivity contribution in [3.63, 3.8) is 0 Å². The molecule has 0 unspecified atom stereocenters. The Morgan fingerprint density at radius 1 is 0.938 bits per heavy atom. The van der Waals surface area contributed by atoms with Gasteiger partial charge in [0, 0.05) is 41.7 Å². The van der Waals surface area contributed by atoms with Gasteiger partial charge in [-0.3, -0.25) is 23.7 Å². The van der Waals surface area contributed by atoms with Gasteiger partial charge in [0.2, 0.25) is 23.6 Å². The van der Waals surface area contributed by atoms with Crippen LogP contribution in [-0.2, 0) is 35.9 Å². The molecule has 0 radical (unpaired) electrons. The highest BCUT2D eigenvalue weighted by atomic mass is 35.5. The smallest absolute Gasteiger partial charge is 0.335 e. The van der Waals surface area contributed by atoms with Crippen LogP contribution in [0.3, 0.4) is 0 Å². The number of likely N-dealkylation sites (tertiary alicyclic amines) is 1. The lowest BCUT2D eigenvalue weighted by Gasteiger charge is -2.37. The number of primary amides is 1. The van der Waals surface area contributed by atoms with E-state index in [1.807, 2.05) is 54.6 Å². The summed E-state index contributed by atoms with van der Waals surface area (Å²) >= 11 is 8.33. The third-order valence-corrected chi connectivity index (χ3v) is 11.8. The quantitative estimate of drug-likeness (QED) is 0.107. The molecule has 1 heterocycles. The second kappa shape index (κ2) is 18.1. The first-order valence-electron chi connectivity index (χ1n) is 15.5. The second-order valence-corrected chi connectivity index (χ2v) is 16.3. The van der Waals surface area contributed by atoms with Gasteiger partial charge < -0.3 is 31.1 Å². The molecule has 6 N–H and O–H groups in total. The van der Waals surface area contributed by atoms with E-state index in [9.17, 15) is 33.5 Å². The Balaban J connectivity index is 1.40. The fourth-order valence-electron chi connectivity index (χ4n) is 5.43. The van der Waals surface area contributed by atoms with Gasteiger partial charge in [0.05, 0.1) is 5.49 Å². The van der Waals surface area contributed by atoms with Crippen molar-refractivity contribution in [2.24, 2.45) is 5.73 Å². The number of rotatable bonds is 16. The predicted molar refractivity (Wildman–Crippen MR) is 192 cm³/mol. The van der Waals surface area contributed by atoms with Gasteiger partial charge in [-0.25, -0.2) is 0 Å². The molecule has 3 aromatic rings. The number of hydrogen-bond acceptors (Lipinski definition) is 7. The SMILES string of the molecule is NC(=O)[C@H](Cc1ccc2ccccc2c1)NC(=O)[C@@H]1CCCCN1C(=O)[C@H](CSCP(=O)(O)O)NC(=O)CCSCc1ccc(Cl)cc1. The van der Waals surface area contributed by atoms with Crippen molar-refractivity contribution in [2.45, 2.75) is 56.0 Å². The Labute approximate surface area is 293 Å². The average Bonchev–Trinajstić information content (AvgIpc) is 3.05. The number of hydrogen-bond donors (Lipinski definition) is 5. The molecular formula is C33H40ClN4O7PS2. The van der Waals surface area contributed by atoms with Crippen molar-refractivity contribution in [1.82, 2.24) is 15.5 Å². The van der Waals surface area contributed by atoms with Crippen LogP contribution in [0.1, 0.15) is 36.8 Å². The molecule has 4 amide bonds. The van der Waals surface area contributed by atoms with E-state index in [2.05, 4.69) is 10.6 Å². The summed E-state index contributed by atoms with van der Waals surface area (Å²) in [4.78, 5) is 73.0. The number of nitrogens with two attached hydrogens (primary N) is 1. The number of nitrogens with zero attached hydrogens (tertiary/aromatic N) is 1. The van der Waals surface area contributed by atoms with E-state index in [1.54, 1.807) is 23.9 Å². The maximum atomic E-state index is 13.9. The highest BCUT2D eigenvalue weighted by Crippen LogP contribution is 2.38. The molecule has 3 aromatic carbocycles. The molecule has 1 fully saturated rings. The number of fused-ring (bicyclic) bond motifs is 1. The normalized spacial score (nSPS) is 16.2. The first kappa shape index (κ1) is 37.8. The summed E-state index contributed by atoms with van der Waals surface area (Å²) in [5.74, 6) is -1.10. The summed E-state index contributed by atoms with van der Waals surface area (Å²) in [5.41, 5.74) is 7.03. The van der Waals surface area contributed by atoms with Gasteiger partial charge in [0.1, 0.15) is 18.1 Å². The number of benzene rings is 3. The van der Waals surface area contributed by atoms with Crippen LogP contribution in [0.2, 0.25) is 5.02 Å². The molecule has 48 heavy (non-hydrogen) atoms. The number of nitrogens with one attached hydrogen (secondary N) is 2.